The zero-order chi connectivity index (χ0) is 13.0. The van der Waals surface area contributed by atoms with Crippen molar-refractivity contribution in [1.29, 1.82) is 0 Å². The Kier molecular flexibility index (Phi) is 3.67. The van der Waals surface area contributed by atoms with E-state index in [1.54, 1.807) is 10.7 Å². The minimum Gasteiger partial charge on any atom is -0.264 e. The maximum Gasteiger partial charge on any atom is 0.163 e. The van der Waals surface area contributed by atoms with Crippen LogP contribution in [0.5, 0.6) is 0 Å². The molecule has 0 aliphatic rings. The molecule has 4 nitrogen and oxygen atoms in total. The average molecular weight is 240 g/mol. The molecule has 0 aliphatic heterocycles. The van der Waals surface area contributed by atoms with Crippen LogP contribution in [0.2, 0.25) is 0 Å². The fourth-order valence-electron chi connectivity index (χ4n) is 1.68. The zero-order valence-corrected chi connectivity index (χ0v) is 10.8. The highest BCUT2D eigenvalue weighted by atomic mass is 15.2. The van der Waals surface area contributed by atoms with E-state index in [-0.39, 0.29) is 0 Å². The Balaban J connectivity index is 0.000000574. The third-order valence-electron chi connectivity index (χ3n) is 2.48. The summed E-state index contributed by atoms with van der Waals surface area (Å²) in [6.45, 7) is 5.97. The lowest BCUT2D eigenvalue weighted by atomic mass is 10.1. The van der Waals surface area contributed by atoms with Crippen molar-refractivity contribution < 1.29 is 0 Å². The number of fused-ring (bicyclic) bond motifs is 1. The van der Waals surface area contributed by atoms with E-state index in [9.17, 15) is 0 Å². The van der Waals surface area contributed by atoms with Gasteiger partial charge in [-0.1, -0.05) is 19.9 Å². The molecule has 18 heavy (non-hydrogen) atoms. The molecule has 0 amide bonds. The van der Waals surface area contributed by atoms with Crippen molar-refractivity contribution in [3.63, 3.8) is 0 Å². The van der Waals surface area contributed by atoms with Gasteiger partial charge >= 0.3 is 0 Å². The Morgan fingerprint density at radius 2 is 1.94 bits per heavy atom. The molecule has 0 radical (unpaired) electrons. The van der Waals surface area contributed by atoms with Crippen LogP contribution in [0.25, 0.3) is 16.8 Å². The Morgan fingerprint density at radius 1 is 1.11 bits per heavy atom. The molecule has 3 aromatic rings. The summed E-state index contributed by atoms with van der Waals surface area (Å²) in [5.74, 6) is 0. The van der Waals surface area contributed by atoms with Gasteiger partial charge in [0, 0.05) is 35.4 Å². The van der Waals surface area contributed by atoms with Crippen LogP contribution >= 0.6 is 0 Å². The summed E-state index contributed by atoms with van der Waals surface area (Å²) in [5.41, 5.74) is 3.90. The maximum atomic E-state index is 4.48. The van der Waals surface area contributed by atoms with Gasteiger partial charge in [0.05, 0.1) is 6.20 Å². The topological polar surface area (TPSA) is 43.1 Å². The number of aromatic nitrogens is 4. The smallest absolute Gasteiger partial charge is 0.163 e. The molecular weight excluding hydrogens is 224 g/mol. The van der Waals surface area contributed by atoms with Crippen LogP contribution in [-0.2, 0) is 0 Å². The Labute approximate surface area is 106 Å². The van der Waals surface area contributed by atoms with Crippen molar-refractivity contribution >= 4 is 5.65 Å². The number of hydrogen-bond donors (Lipinski definition) is 0. The second-order valence-corrected chi connectivity index (χ2v) is 3.64. The van der Waals surface area contributed by atoms with Gasteiger partial charge in [-0.2, -0.15) is 5.10 Å². The van der Waals surface area contributed by atoms with Gasteiger partial charge in [0.15, 0.2) is 5.65 Å². The van der Waals surface area contributed by atoms with Gasteiger partial charge in [-0.05, 0) is 19.1 Å². The molecule has 3 heterocycles. The van der Waals surface area contributed by atoms with Crippen molar-refractivity contribution in [3.8, 4) is 11.1 Å². The van der Waals surface area contributed by atoms with Gasteiger partial charge in [0.25, 0.3) is 0 Å². The average Bonchev–Trinajstić information content (AvgIpc) is 2.85. The molecule has 0 bridgehead atoms. The lowest BCUT2D eigenvalue weighted by Gasteiger charge is -1.98. The number of aryl methyl sites for hydroxylation is 1. The van der Waals surface area contributed by atoms with Gasteiger partial charge in [-0.25, -0.2) is 9.50 Å². The summed E-state index contributed by atoms with van der Waals surface area (Å²) in [4.78, 5) is 8.59. The molecule has 0 aliphatic carbocycles. The highest BCUT2D eigenvalue weighted by Gasteiger charge is 2.07. The van der Waals surface area contributed by atoms with E-state index in [0.717, 1.165) is 22.5 Å². The summed E-state index contributed by atoms with van der Waals surface area (Å²) in [7, 11) is 0. The molecule has 0 saturated heterocycles. The van der Waals surface area contributed by atoms with Gasteiger partial charge in [-0.15, -0.1) is 0 Å². The molecule has 0 spiro atoms. The van der Waals surface area contributed by atoms with Crippen LogP contribution in [0.4, 0.5) is 0 Å². The summed E-state index contributed by atoms with van der Waals surface area (Å²) < 4.78 is 1.77. The third-order valence-corrected chi connectivity index (χ3v) is 2.48. The monoisotopic (exact) mass is 240 g/mol. The molecule has 92 valence electrons. The maximum absolute atomic E-state index is 4.48. The first-order chi connectivity index (χ1) is 8.84. The Hall–Kier alpha value is -2.23. The van der Waals surface area contributed by atoms with Crippen LogP contribution in [0.1, 0.15) is 19.5 Å². The van der Waals surface area contributed by atoms with Gasteiger partial charge in [0.1, 0.15) is 0 Å². The number of rotatable bonds is 1. The fraction of sp³-hybridized carbons (Fsp3) is 0.214. The van der Waals surface area contributed by atoms with E-state index >= 15 is 0 Å². The quantitative estimate of drug-likeness (QED) is 0.656. The molecule has 3 aromatic heterocycles. The molecule has 0 fully saturated rings. The predicted octanol–water partition coefficient (Wildman–Crippen LogP) is 3.13. The van der Waals surface area contributed by atoms with Crippen molar-refractivity contribution in [2.45, 2.75) is 20.8 Å². The van der Waals surface area contributed by atoms with Crippen LogP contribution in [0, 0.1) is 6.92 Å². The first-order valence-electron chi connectivity index (χ1n) is 6.06. The molecule has 0 unspecified atom stereocenters. The summed E-state index contributed by atoms with van der Waals surface area (Å²) in [6, 6.07) is 5.86. The second kappa shape index (κ2) is 5.40. The predicted molar refractivity (Wildman–Crippen MR) is 72.3 cm³/mol. The van der Waals surface area contributed by atoms with Crippen molar-refractivity contribution in [3.05, 3.63) is 48.7 Å². The molecule has 0 aromatic carbocycles. The highest BCUT2D eigenvalue weighted by molar-refractivity contribution is 5.76. The van der Waals surface area contributed by atoms with E-state index in [0.29, 0.717) is 0 Å². The fourth-order valence-corrected chi connectivity index (χ4v) is 1.68. The first kappa shape index (κ1) is 12.2. The van der Waals surface area contributed by atoms with Crippen LogP contribution in [0.15, 0.2) is 43.0 Å². The van der Waals surface area contributed by atoms with E-state index < -0.39 is 0 Å². The minimum absolute atomic E-state index is 0.869. The largest absolute Gasteiger partial charge is 0.264 e. The Morgan fingerprint density at radius 3 is 2.67 bits per heavy atom. The van der Waals surface area contributed by atoms with E-state index in [1.807, 2.05) is 57.6 Å². The second-order valence-electron chi connectivity index (χ2n) is 3.64. The first-order valence-corrected chi connectivity index (χ1v) is 6.06. The Bertz CT molecular complexity index is 629. The van der Waals surface area contributed by atoms with Gasteiger partial charge in [-0.3, -0.25) is 4.98 Å². The molecule has 0 N–H and O–H groups in total. The van der Waals surface area contributed by atoms with E-state index in [4.69, 9.17) is 0 Å². The van der Waals surface area contributed by atoms with Crippen molar-refractivity contribution in [2.75, 3.05) is 0 Å². The number of hydrogen-bond acceptors (Lipinski definition) is 3. The highest BCUT2D eigenvalue weighted by Crippen LogP contribution is 2.21. The zero-order valence-electron chi connectivity index (χ0n) is 10.8. The van der Waals surface area contributed by atoms with Crippen LogP contribution < -0.4 is 0 Å². The number of pyridine rings is 1. The lowest BCUT2D eigenvalue weighted by Crippen LogP contribution is -1.91. The molecule has 4 heteroatoms. The van der Waals surface area contributed by atoms with Crippen molar-refractivity contribution in [2.24, 2.45) is 0 Å². The van der Waals surface area contributed by atoms with Gasteiger partial charge in [0.2, 0.25) is 0 Å². The summed E-state index contributed by atoms with van der Waals surface area (Å²) >= 11 is 0. The molecule has 3 rings (SSSR count). The summed E-state index contributed by atoms with van der Waals surface area (Å²) in [5, 5.41) is 4.26. The normalized spacial score (nSPS) is 9.94. The van der Waals surface area contributed by atoms with E-state index in [2.05, 4.69) is 15.1 Å². The molecule has 0 saturated carbocycles. The van der Waals surface area contributed by atoms with Gasteiger partial charge < -0.3 is 0 Å². The lowest BCUT2D eigenvalue weighted by molar-refractivity contribution is 0.929. The SMILES string of the molecule is CC.Cc1ccn2ncc(-c3cccnc3)c2n1. The number of nitrogens with zero attached hydrogens (tertiary/aromatic N) is 4. The van der Waals surface area contributed by atoms with Crippen molar-refractivity contribution in [1.82, 2.24) is 19.6 Å². The molecular formula is C14H16N4. The summed E-state index contributed by atoms with van der Waals surface area (Å²) in [6.07, 6.45) is 7.31. The van der Waals surface area contributed by atoms with Crippen LogP contribution in [0.3, 0.4) is 0 Å². The van der Waals surface area contributed by atoms with E-state index in [1.165, 1.54) is 0 Å². The van der Waals surface area contributed by atoms with Crippen LogP contribution in [-0.4, -0.2) is 19.6 Å². The standard InChI is InChI=1S/C12H10N4.C2H6/c1-9-4-6-16-12(15-9)11(8-14-16)10-3-2-5-13-7-10;1-2/h2-8H,1H3;1-2H3. The molecule has 0 atom stereocenters. The minimum atomic E-state index is 0.869. The third kappa shape index (κ3) is 2.22.